The first-order valence-electron chi connectivity index (χ1n) is 2.96. The van der Waals surface area contributed by atoms with E-state index in [1.54, 1.807) is 13.8 Å². The molecule has 60 valence electrons. The van der Waals surface area contributed by atoms with Gasteiger partial charge in [0.1, 0.15) is 4.87 Å². The quantitative estimate of drug-likeness (QED) is 0.448. The molecule has 0 aliphatic rings. The Hall–Kier alpha value is 0.490. The Kier molecular flexibility index (Phi) is 4.60. The Morgan fingerprint density at radius 1 is 1.80 bits per heavy atom. The van der Waals surface area contributed by atoms with E-state index < -0.39 is 4.87 Å². The Morgan fingerprint density at radius 3 is 2.60 bits per heavy atom. The minimum absolute atomic E-state index is 0.342. The molecule has 0 aliphatic heterocycles. The summed E-state index contributed by atoms with van der Waals surface area (Å²) in [6.07, 6.45) is 0. The zero-order chi connectivity index (χ0) is 8.20. The van der Waals surface area contributed by atoms with E-state index in [1.807, 2.05) is 0 Å². The third-order valence-electron chi connectivity index (χ3n) is 0.952. The van der Waals surface area contributed by atoms with E-state index in [-0.39, 0.29) is 5.97 Å². The predicted molar refractivity (Wildman–Crippen MR) is 49.8 cm³/mol. The van der Waals surface area contributed by atoms with Crippen LogP contribution in [0.4, 0.5) is 0 Å². The molecule has 0 saturated carbocycles. The summed E-state index contributed by atoms with van der Waals surface area (Å²) in [5.41, 5.74) is 0. The summed E-state index contributed by atoms with van der Waals surface area (Å²) in [6, 6.07) is 0. The molecule has 0 aliphatic carbocycles. The molecule has 1 unspecified atom stereocenters. The lowest BCUT2D eigenvalue weighted by Gasteiger charge is -2.15. The van der Waals surface area contributed by atoms with Gasteiger partial charge in [0, 0.05) is 4.43 Å². The van der Waals surface area contributed by atoms with Gasteiger partial charge < -0.3 is 4.74 Å². The number of carbonyl (C=O) groups is 1. The van der Waals surface area contributed by atoms with Crippen molar-refractivity contribution in [2.45, 2.75) is 18.7 Å². The van der Waals surface area contributed by atoms with Crippen LogP contribution in [-0.2, 0) is 9.53 Å². The Balaban J connectivity index is 3.91. The van der Waals surface area contributed by atoms with Crippen molar-refractivity contribution in [1.82, 2.24) is 0 Å². The number of ether oxygens (including phenoxy) is 1. The van der Waals surface area contributed by atoms with Gasteiger partial charge in [0.05, 0.1) is 6.61 Å². The topological polar surface area (TPSA) is 26.3 Å². The highest BCUT2D eigenvalue weighted by molar-refractivity contribution is 14.1. The van der Waals surface area contributed by atoms with Gasteiger partial charge in [0.15, 0.2) is 0 Å². The van der Waals surface area contributed by atoms with Crippen LogP contribution in [0.2, 0.25) is 0 Å². The maximum Gasteiger partial charge on any atom is 0.327 e. The molecule has 0 N–H and O–H groups in total. The molecule has 0 heterocycles. The molecule has 0 rings (SSSR count). The molecule has 0 radical (unpaired) electrons. The molecule has 0 amide bonds. The van der Waals surface area contributed by atoms with Gasteiger partial charge in [-0.25, -0.2) is 0 Å². The Labute approximate surface area is 79.4 Å². The Morgan fingerprint density at radius 2 is 2.30 bits per heavy atom. The zero-order valence-electron chi connectivity index (χ0n) is 5.99. The summed E-state index contributed by atoms with van der Waals surface area (Å²) in [5, 5.41) is 0. The molecule has 0 aromatic carbocycles. The van der Waals surface area contributed by atoms with Gasteiger partial charge in [-0.15, -0.1) is 11.6 Å². The molecule has 0 aromatic rings. The largest absolute Gasteiger partial charge is 0.465 e. The van der Waals surface area contributed by atoms with E-state index >= 15 is 0 Å². The lowest BCUT2D eigenvalue weighted by Crippen LogP contribution is -2.32. The summed E-state index contributed by atoms with van der Waals surface area (Å²) in [6.45, 7) is 3.80. The third-order valence-corrected chi connectivity index (χ3v) is 3.22. The fourth-order valence-corrected chi connectivity index (χ4v) is 0.702. The average Bonchev–Trinajstić information content (AvgIpc) is 1.89. The molecular formula is C6H10ClIO2. The van der Waals surface area contributed by atoms with Crippen LogP contribution >= 0.6 is 34.2 Å². The molecule has 0 spiro atoms. The first kappa shape index (κ1) is 10.5. The van der Waals surface area contributed by atoms with Crippen LogP contribution < -0.4 is 0 Å². The summed E-state index contributed by atoms with van der Waals surface area (Å²) >= 11 is 7.82. The van der Waals surface area contributed by atoms with E-state index in [0.717, 1.165) is 0 Å². The van der Waals surface area contributed by atoms with Crippen molar-refractivity contribution in [3.63, 3.8) is 0 Å². The van der Waals surface area contributed by atoms with Gasteiger partial charge in [-0.3, -0.25) is 4.79 Å². The number of esters is 1. The highest BCUT2D eigenvalue weighted by atomic mass is 127. The number of halogens is 2. The van der Waals surface area contributed by atoms with Crippen molar-refractivity contribution in [3.8, 4) is 0 Å². The van der Waals surface area contributed by atoms with Crippen LogP contribution in [0.15, 0.2) is 0 Å². The molecule has 0 aromatic heterocycles. The minimum Gasteiger partial charge on any atom is -0.465 e. The lowest BCUT2D eigenvalue weighted by atomic mass is 10.2. The van der Waals surface area contributed by atoms with Crippen LogP contribution in [0.25, 0.3) is 0 Å². The number of hydrogen-bond donors (Lipinski definition) is 0. The van der Waals surface area contributed by atoms with Gasteiger partial charge >= 0.3 is 5.97 Å². The maximum absolute atomic E-state index is 10.9. The van der Waals surface area contributed by atoms with Crippen molar-refractivity contribution >= 4 is 40.2 Å². The third kappa shape index (κ3) is 3.05. The van der Waals surface area contributed by atoms with Gasteiger partial charge in [-0.05, 0) is 13.8 Å². The average molecular weight is 277 g/mol. The monoisotopic (exact) mass is 276 g/mol. The standard InChI is InChI=1S/C6H10ClIO2/c1-3-10-5(9)6(2,7)4-8/h3-4H2,1-2H3. The van der Waals surface area contributed by atoms with E-state index in [2.05, 4.69) is 22.6 Å². The second-order valence-electron chi connectivity index (χ2n) is 2.05. The smallest absolute Gasteiger partial charge is 0.327 e. The van der Waals surface area contributed by atoms with Crippen molar-refractivity contribution in [2.24, 2.45) is 0 Å². The molecule has 2 nitrogen and oxygen atoms in total. The van der Waals surface area contributed by atoms with Crippen molar-refractivity contribution in [1.29, 1.82) is 0 Å². The highest BCUT2D eigenvalue weighted by Crippen LogP contribution is 2.18. The van der Waals surface area contributed by atoms with Crippen molar-refractivity contribution < 1.29 is 9.53 Å². The Bertz CT molecular complexity index is 125. The highest BCUT2D eigenvalue weighted by Gasteiger charge is 2.30. The van der Waals surface area contributed by atoms with Gasteiger partial charge in [-0.1, -0.05) is 22.6 Å². The van der Waals surface area contributed by atoms with Crippen LogP contribution in [-0.4, -0.2) is 21.9 Å². The molecule has 1 atom stereocenters. The van der Waals surface area contributed by atoms with E-state index in [9.17, 15) is 4.79 Å². The predicted octanol–water partition coefficient (Wildman–Crippen LogP) is 1.98. The first-order chi connectivity index (χ1) is 4.54. The van der Waals surface area contributed by atoms with Crippen LogP contribution in [0, 0.1) is 0 Å². The van der Waals surface area contributed by atoms with Gasteiger partial charge in [-0.2, -0.15) is 0 Å². The molecule has 0 bridgehead atoms. The van der Waals surface area contributed by atoms with E-state index in [4.69, 9.17) is 16.3 Å². The van der Waals surface area contributed by atoms with E-state index in [1.165, 1.54) is 0 Å². The summed E-state index contributed by atoms with van der Waals surface area (Å²) in [4.78, 5) is 10.1. The number of rotatable bonds is 3. The molecular weight excluding hydrogens is 266 g/mol. The lowest BCUT2D eigenvalue weighted by molar-refractivity contribution is -0.145. The second kappa shape index (κ2) is 4.38. The van der Waals surface area contributed by atoms with Gasteiger partial charge in [0.2, 0.25) is 0 Å². The van der Waals surface area contributed by atoms with Crippen LogP contribution in [0.5, 0.6) is 0 Å². The zero-order valence-corrected chi connectivity index (χ0v) is 8.90. The molecule has 0 saturated heterocycles. The molecule has 4 heteroatoms. The summed E-state index contributed by atoms with van der Waals surface area (Å²) in [5.74, 6) is -0.342. The van der Waals surface area contributed by atoms with Crippen molar-refractivity contribution in [2.75, 3.05) is 11.0 Å². The van der Waals surface area contributed by atoms with Gasteiger partial charge in [0.25, 0.3) is 0 Å². The van der Waals surface area contributed by atoms with Crippen LogP contribution in [0.3, 0.4) is 0 Å². The van der Waals surface area contributed by atoms with Crippen molar-refractivity contribution in [3.05, 3.63) is 0 Å². The first-order valence-corrected chi connectivity index (χ1v) is 4.87. The SMILES string of the molecule is CCOC(=O)C(C)(Cl)CI. The summed E-state index contributed by atoms with van der Waals surface area (Å²) in [7, 11) is 0. The fourth-order valence-electron chi connectivity index (χ4n) is 0.336. The minimum atomic E-state index is -0.851. The number of carbonyl (C=O) groups excluding carboxylic acids is 1. The summed E-state index contributed by atoms with van der Waals surface area (Å²) < 4.78 is 5.28. The number of alkyl halides is 2. The maximum atomic E-state index is 10.9. The van der Waals surface area contributed by atoms with Crippen LogP contribution in [0.1, 0.15) is 13.8 Å². The molecule has 0 fully saturated rings. The molecule has 10 heavy (non-hydrogen) atoms. The second-order valence-corrected chi connectivity index (χ2v) is 3.65. The van der Waals surface area contributed by atoms with E-state index in [0.29, 0.717) is 11.0 Å². The normalized spacial score (nSPS) is 16.0. The number of hydrogen-bond acceptors (Lipinski definition) is 2. The fraction of sp³-hybridized carbons (Fsp3) is 0.833.